The molecule has 0 aromatic heterocycles. The van der Waals surface area contributed by atoms with Crippen LogP contribution in [0.5, 0.6) is 0 Å². The van der Waals surface area contributed by atoms with Gasteiger partial charge in [-0.2, -0.15) is 0 Å². The van der Waals surface area contributed by atoms with E-state index in [1.54, 1.807) is 0 Å². The summed E-state index contributed by atoms with van der Waals surface area (Å²) in [7, 11) is 0. The predicted molar refractivity (Wildman–Crippen MR) is 75.5 cm³/mol. The molecule has 102 valence electrons. The van der Waals surface area contributed by atoms with Crippen LogP contribution >= 0.6 is 0 Å². The highest BCUT2D eigenvalue weighted by atomic mass is 15.3. The van der Waals surface area contributed by atoms with Crippen molar-refractivity contribution in [2.75, 3.05) is 26.2 Å². The third kappa shape index (κ3) is 4.57. The molecule has 2 atom stereocenters. The zero-order chi connectivity index (χ0) is 12.9. The molecule has 0 radical (unpaired) electrons. The summed E-state index contributed by atoms with van der Waals surface area (Å²) in [4.78, 5) is 2.59. The second-order valence-corrected chi connectivity index (χ2v) is 6.20. The van der Waals surface area contributed by atoms with Crippen LogP contribution in [0.25, 0.3) is 0 Å². The van der Waals surface area contributed by atoms with E-state index < -0.39 is 0 Å². The fourth-order valence-corrected chi connectivity index (χ4v) is 2.42. The summed E-state index contributed by atoms with van der Waals surface area (Å²) in [5, 5.41) is 7.38. The average Bonchev–Trinajstić information content (AvgIpc) is 2.66. The van der Waals surface area contributed by atoms with Crippen LogP contribution in [0.1, 0.15) is 47.5 Å². The van der Waals surface area contributed by atoms with Gasteiger partial charge in [-0.15, -0.1) is 0 Å². The van der Waals surface area contributed by atoms with E-state index in [0.29, 0.717) is 12.1 Å². The lowest BCUT2D eigenvalue weighted by molar-refractivity contribution is 0.168. The SMILES string of the molecule is CCCN[C@@H]1CN(C(C)(C)C)C[C@H]1NCCC. The van der Waals surface area contributed by atoms with Crippen LogP contribution in [0, 0.1) is 0 Å². The van der Waals surface area contributed by atoms with E-state index in [1.165, 1.54) is 25.9 Å². The van der Waals surface area contributed by atoms with E-state index in [0.717, 1.165) is 13.1 Å². The van der Waals surface area contributed by atoms with E-state index in [1.807, 2.05) is 0 Å². The Labute approximate surface area is 107 Å². The van der Waals surface area contributed by atoms with Crippen LogP contribution in [-0.2, 0) is 0 Å². The van der Waals surface area contributed by atoms with Crippen molar-refractivity contribution in [1.82, 2.24) is 15.5 Å². The lowest BCUT2D eigenvalue weighted by Gasteiger charge is -2.31. The molecular weight excluding hydrogens is 210 g/mol. The van der Waals surface area contributed by atoms with E-state index in [2.05, 4.69) is 50.2 Å². The Bertz CT molecular complexity index is 194. The molecule has 1 aliphatic heterocycles. The van der Waals surface area contributed by atoms with Crippen LogP contribution in [0.15, 0.2) is 0 Å². The van der Waals surface area contributed by atoms with Gasteiger partial charge in [0.25, 0.3) is 0 Å². The van der Waals surface area contributed by atoms with Gasteiger partial charge in [-0.1, -0.05) is 13.8 Å². The van der Waals surface area contributed by atoms with Gasteiger partial charge in [0.05, 0.1) is 0 Å². The highest BCUT2D eigenvalue weighted by molar-refractivity contribution is 4.97. The molecule has 0 aromatic rings. The van der Waals surface area contributed by atoms with Gasteiger partial charge in [0.15, 0.2) is 0 Å². The number of nitrogens with zero attached hydrogens (tertiary/aromatic N) is 1. The molecule has 0 bridgehead atoms. The highest BCUT2D eigenvalue weighted by Crippen LogP contribution is 2.21. The molecule has 0 spiro atoms. The normalized spacial score (nSPS) is 26.6. The molecule has 1 aliphatic rings. The summed E-state index contributed by atoms with van der Waals surface area (Å²) >= 11 is 0. The third-order valence-electron chi connectivity index (χ3n) is 3.58. The lowest BCUT2D eigenvalue weighted by atomic mass is 10.1. The maximum Gasteiger partial charge on any atom is 0.0361 e. The third-order valence-corrected chi connectivity index (χ3v) is 3.58. The Morgan fingerprint density at radius 3 is 1.65 bits per heavy atom. The molecule has 1 rings (SSSR count). The first-order valence-electron chi connectivity index (χ1n) is 7.20. The molecule has 0 amide bonds. The van der Waals surface area contributed by atoms with Crippen LogP contribution in [0.4, 0.5) is 0 Å². The molecule has 3 nitrogen and oxygen atoms in total. The van der Waals surface area contributed by atoms with E-state index in [4.69, 9.17) is 0 Å². The molecule has 1 saturated heterocycles. The molecule has 0 aliphatic carbocycles. The summed E-state index contributed by atoms with van der Waals surface area (Å²) in [6, 6.07) is 1.22. The van der Waals surface area contributed by atoms with Crippen molar-refractivity contribution < 1.29 is 0 Å². The van der Waals surface area contributed by atoms with Gasteiger partial charge < -0.3 is 10.6 Å². The molecule has 1 heterocycles. The topological polar surface area (TPSA) is 27.3 Å². The number of nitrogens with one attached hydrogen (secondary N) is 2. The quantitative estimate of drug-likeness (QED) is 0.743. The maximum absolute atomic E-state index is 3.69. The average molecular weight is 241 g/mol. The van der Waals surface area contributed by atoms with E-state index in [9.17, 15) is 0 Å². The zero-order valence-corrected chi connectivity index (χ0v) is 12.3. The first kappa shape index (κ1) is 14.9. The van der Waals surface area contributed by atoms with Gasteiger partial charge in [-0.05, 0) is 46.7 Å². The Morgan fingerprint density at radius 2 is 1.35 bits per heavy atom. The first-order valence-corrected chi connectivity index (χ1v) is 7.20. The van der Waals surface area contributed by atoms with Gasteiger partial charge in [-0.3, -0.25) is 4.90 Å². The standard InChI is InChI=1S/C14H31N3/c1-6-8-15-12-10-17(14(3,4)5)11-13(12)16-9-7-2/h12-13,15-16H,6-11H2,1-5H3/t12-,13-/m1/s1. The molecular formula is C14H31N3. The molecule has 0 unspecified atom stereocenters. The van der Waals surface area contributed by atoms with Crippen molar-refractivity contribution in [1.29, 1.82) is 0 Å². The monoisotopic (exact) mass is 241 g/mol. The van der Waals surface area contributed by atoms with Crippen molar-refractivity contribution in [3.8, 4) is 0 Å². The molecule has 17 heavy (non-hydrogen) atoms. The summed E-state index contributed by atoms with van der Waals surface area (Å²) in [6.45, 7) is 16.0. The van der Waals surface area contributed by atoms with Gasteiger partial charge in [0.1, 0.15) is 0 Å². The minimum Gasteiger partial charge on any atom is -0.311 e. The lowest BCUT2D eigenvalue weighted by Crippen LogP contribution is -2.47. The van der Waals surface area contributed by atoms with Crippen LogP contribution in [-0.4, -0.2) is 48.7 Å². The number of hydrogen-bond donors (Lipinski definition) is 2. The Hall–Kier alpha value is -0.120. The molecule has 2 N–H and O–H groups in total. The van der Waals surface area contributed by atoms with Crippen LogP contribution in [0.2, 0.25) is 0 Å². The summed E-state index contributed by atoms with van der Waals surface area (Å²) in [5.41, 5.74) is 0.286. The largest absolute Gasteiger partial charge is 0.311 e. The number of hydrogen-bond acceptors (Lipinski definition) is 3. The van der Waals surface area contributed by atoms with Crippen molar-refractivity contribution in [2.45, 2.75) is 65.1 Å². The van der Waals surface area contributed by atoms with Crippen molar-refractivity contribution in [2.24, 2.45) is 0 Å². The van der Waals surface area contributed by atoms with Crippen LogP contribution < -0.4 is 10.6 Å². The second kappa shape index (κ2) is 6.72. The molecule has 3 heteroatoms. The first-order chi connectivity index (χ1) is 7.99. The fourth-order valence-electron chi connectivity index (χ4n) is 2.42. The van der Waals surface area contributed by atoms with Crippen molar-refractivity contribution in [3.05, 3.63) is 0 Å². The number of rotatable bonds is 6. The Kier molecular flexibility index (Phi) is 5.90. The van der Waals surface area contributed by atoms with Crippen LogP contribution in [0.3, 0.4) is 0 Å². The Morgan fingerprint density at radius 1 is 0.941 bits per heavy atom. The van der Waals surface area contributed by atoms with Gasteiger partial charge in [-0.25, -0.2) is 0 Å². The maximum atomic E-state index is 3.69. The predicted octanol–water partition coefficient (Wildman–Crippen LogP) is 1.84. The van der Waals surface area contributed by atoms with Gasteiger partial charge in [0.2, 0.25) is 0 Å². The number of likely N-dealkylation sites (tertiary alicyclic amines) is 1. The van der Waals surface area contributed by atoms with E-state index in [-0.39, 0.29) is 5.54 Å². The van der Waals surface area contributed by atoms with E-state index >= 15 is 0 Å². The van der Waals surface area contributed by atoms with Gasteiger partial charge in [0, 0.05) is 30.7 Å². The van der Waals surface area contributed by atoms with Crippen molar-refractivity contribution >= 4 is 0 Å². The van der Waals surface area contributed by atoms with Gasteiger partial charge >= 0.3 is 0 Å². The minimum absolute atomic E-state index is 0.286. The Balaban J connectivity index is 2.52. The molecule has 0 aromatic carbocycles. The highest BCUT2D eigenvalue weighted by Gasteiger charge is 2.36. The summed E-state index contributed by atoms with van der Waals surface area (Å²) in [6.07, 6.45) is 2.43. The zero-order valence-electron chi connectivity index (χ0n) is 12.3. The second-order valence-electron chi connectivity index (χ2n) is 6.20. The smallest absolute Gasteiger partial charge is 0.0361 e. The minimum atomic E-state index is 0.286. The molecule has 0 saturated carbocycles. The fraction of sp³-hybridized carbons (Fsp3) is 1.00. The van der Waals surface area contributed by atoms with Crippen molar-refractivity contribution in [3.63, 3.8) is 0 Å². The summed E-state index contributed by atoms with van der Waals surface area (Å²) in [5.74, 6) is 0. The summed E-state index contributed by atoms with van der Waals surface area (Å²) < 4.78 is 0. The molecule has 1 fully saturated rings.